The number of aliphatic hydroxyl groups excluding tert-OH is 1. The molecule has 15 heavy (non-hydrogen) atoms. The van der Waals surface area contributed by atoms with Crippen molar-refractivity contribution in [2.24, 2.45) is 5.73 Å². The van der Waals surface area contributed by atoms with E-state index in [9.17, 15) is 4.79 Å². The minimum atomic E-state index is -1.13. The lowest BCUT2D eigenvalue weighted by molar-refractivity contribution is 0.0716. The van der Waals surface area contributed by atoms with E-state index in [0.29, 0.717) is 6.54 Å². The summed E-state index contributed by atoms with van der Waals surface area (Å²) in [7, 11) is 0. The first-order valence-corrected chi connectivity index (χ1v) is 4.56. The molecule has 0 fully saturated rings. The summed E-state index contributed by atoms with van der Waals surface area (Å²) >= 11 is 0. The van der Waals surface area contributed by atoms with Crippen molar-refractivity contribution in [1.82, 2.24) is 5.32 Å². The van der Waals surface area contributed by atoms with Crippen LogP contribution in [-0.4, -0.2) is 24.0 Å². The molecule has 4 N–H and O–H groups in total. The molecular weight excluding hydrogens is 196 g/mol. The summed E-state index contributed by atoms with van der Waals surface area (Å²) in [6, 6.07) is 9.43. The molecular formula is C10H14N2O3. The van der Waals surface area contributed by atoms with Crippen LogP contribution in [0.25, 0.3) is 0 Å². The van der Waals surface area contributed by atoms with Crippen molar-refractivity contribution in [2.45, 2.75) is 12.8 Å². The van der Waals surface area contributed by atoms with Crippen molar-refractivity contribution in [3.05, 3.63) is 35.9 Å². The van der Waals surface area contributed by atoms with Crippen molar-refractivity contribution in [2.75, 3.05) is 6.61 Å². The molecule has 0 bridgehead atoms. The van der Waals surface area contributed by atoms with Crippen molar-refractivity contribution in [1.29, 1.82) is 0 Å². The normalized spacial score (nSPS) is 11.9. The molecule has 1 rings (SSSR count). The van der Waals surface area contributed by atoms with Gasteiger partial charge < -0.3 is 20.9 Å². The zero-order valence-electron chi connectivity index (χ0n) is 8.22. The first-order valence-electron chi connectivity index (χ1n) is 4.56. The number of nitrogens with two attached hydrogens (primary N) is 1. The predicted octanol–water partition coefficient (Wildman–Crippen LogP) is 0.190. The summed E-state index contributed by atoms with van der Waals surface area (Å²) in [5.41, 5.74) is 5.97. The summed E-state index contributed by atoms with van der Waals surface area (Å²) in [4.78, 5) is 11.0. The van der Waals surface area contributed by atoms with Gasteiger partial charge in [0.15, 0.2) is 0 Å². The summed E-state index contributed by atoms with van der Waals surface area (Å²) in [5, 5.41) is 11.2. The smallest absolute Gasteiger partial charge is 0.407 e. The molecule has 0 aliphatic carbocycles. The van der Waals surface area contributed by atoms with Crippen LogP contribution in [0.5, 0.6) is 0 Å². The van der Waals surface area contributed by atoms with Crippen LogP contribution in [0.1, 0.15) is 5.56 Å². The van der Waals surface area contributed by atoms with Crippen LogP contribution in [0.2, 0.25) is 0 Å². The molecule has 0 spiro atoms. The Bertz CT molecular complexity index is 301. The van der Waals surface area contributed by atoms with Gasteiger partial charge in [-0.2, -0.15) is 0 Å². The number of nitrogens with one attached hydrogen (secondary N) is 1. The summed E-state index contributed by atoms with van der Waals surface area (Å²) in [6.45, 7) is 0.182. The molecule has 5 heteroatoms. The topological polar surface area (TPSA) is 84.6 Å². The third-order valence-electron chi connectivity index (χ3n) is 1.66. The second-order valence-electron chi connectivity index (χ2n) is 3.00. The van der Waals surface area contributed by atoms with Crippen molar-refractivity contribution >= 4 is 6.09 Å². The number of ether oxygens (including phenoxy) is 1. The van der Waals surface area contributed by atoms with Crippen molar-refractivity contribution in [3.8, 4) is 0 Å². The zero-order valence-corrected chi connectivity index (χ0v) is 8.22. The fraction of sp³-hybridized carbons (Fsp3) is 0.300. The monoisotopic (exact) mass is 210 g/mol. The average Bonchev–Trinajstić information content (AvgIpc) is 2.25. The Morgan fingerprint density at radius 2 is 2.13 bits per heavy atom. The molecule has 5 nitrogen and oxygen atoms in total. The van der Waals surface area contributed by atoms with E-state index in [0.717, 1.165) is 5.56 Å². The van der Waals surface area contributed by atoms with Crippen LogP contribution in [0.4, 0.5) is 4.79 Å². The number of rotatable bonds is 4. The lowest BCUT2D eigenvalue weighted by atomic mass is 10.2. The number of aliphatic hydroxyl groups is 1. The number of benzene rings is 1. The molecule has 0 saturated heterocycles. The quantitative estimate of drug-likeness (QED) is 0.619. The fourth-order valence-electron chi connectivity index (χ4n) is 0.982. The molecule has 0 saturated carbocycles. The predicted molar refractivity (Wildman–Crippen MR) is 54.8 cm³/mol. The highest BCUT2D eigenvalue weighted by Gasteiger charge is 2.03. The van der Waals surface area contributed by atoms with Crippen LogP contribution in [0.15, 0.2) is 30.3 Å². The molecule has 1 aromatic rings. The van der Waals surface area contributed by atoms with Gasteiger partial charge >= 0.3 is 6.09 Å². The Morgan fingerprint density at radius 1 is 1.47 bits per heavy atom. The average molecular weight is 210 g/mol. The lowest BCUT2D eigenvalue weighted by Crippen LogP contribution is -2.31. The number of carbonyl (C=O) groups excluding carboxylic acids is 1. The maximum Gasteiger partial charge on any atom is 0.407 e. The molecule has 1 unspecified atom stereocenters. The van der Waals surface area contributed by atoms with Crippen LogP contribution >= 0.6 is 0 Å². The van der Waals surface area contributed by atoms with E-state index in [-0.39, 0.29) is 6.61 Å². The Morgan fingerprint density at radius 3 is 2.73 bits per heavy atom. The van der Waals surface area contributed by atoms with E-state index >= 15 is 0 Å². The van der Waals surface area contributed by atoms with E-state index < -0.39 is 12.3 Å². The minimum Gasteiger partial charge on any atom is -0.445 e. The molecule has 0 aromatic heterocycles. The first kappa shape index (κ1) is 11.5. The Kier molecular flexibility index (Phi) is 4.59. The SMILES string of the molecule is NC(O)COC(=O)NCc1ccccc1. The number of hydrogen-bond acceptors (Lipinski definition) is 4. The van der Waals surface area contributed by atoms with Crippen LogP contribution in [-0.2, 0) is 11.3 Å². The zero-order chi connectivity index (χ0) is 11.1. The lowest BCUT2D eigenvalue weighted by Gasteiger charge is -2.08. The van der Waals surface area contributed by atoms with Crippen molar-refractivity contribution < 1.29 is 14.6 Å². The molecule has 0 aliphatic rings. The highest BCUT2D eigenvalue weighted by atomic mass is 16.6. The van der Waals surface area contributed by atoms with E-state index in [1.165, 1.54) is 0 Å². The largest absolute Gasteiger partial charge is 0.445 e. The van der Waals surface area contributed by atoms with Crippen molar-refractivity contribution in [3.63, 3.8) is 0 Å². The number of hydrogen-bond donors (Lipinski definition) is 3. The minimum absolute atomic E-state index is 0.208. The van der Waals surface area contributed by atoms with E-state index in [1.54, 1.807) is 0 Å². The molecule has 82 valence electrons. The third kappa shape index (κ3) is 4.99. The van der Waals surface area contributed by atoms with Gasteiger partial charge in [-0.05, 0) is 5.56 Å². The van der Waals surface area contributed by atoms with Gasteiger partial charge in [0.25, 0.3) is 0 Å². The molecule has 1 aromatic carbocycles. The van der Waals surface area contributed by atoms with Crippen LogP contribution < -0.4 is 11.1 Å². The standard InChI is InChI=1S/C10H14N2O3/c11-9(13)7-15-10(14)12-6-8-4-2-1-3-5-8/h1-5,9,13H,6-7,11H2,(H,12,14). The second kappa shape index (κ2) is 6.00. The fourth-order valence-corrected chi connectivity index (χ4v) is 0.982. The number of alkyl carbamates (subject to hydrolysis) is 1. The van der Waals surface area contributed by atoms with Gasteiger partial charge in [0.05, 0.1) is 0 Å². The third-order valence-corrected chi connectivity index (χ3v) is 1.66. The van der Waals surface area contributed by atoms with Gasteiger partial charge in [-0.3, -0.25) is 0 Å². The highest BCUT2D eigenvalue weighted by Crippen LogP contribution is 1.97. The van der Waals surface area contributed by atoms with E-state index in [1.807, 2.05) is 30.3 Å². The van der Waals surface area contributed by atoms with E-state index in [4.69, 9.17) is 10.8 Å². The first-order chi connectivity index (χ1) is 7.18. The van der Waals surface area contributed by atoms with Crippen LogP contribution in [0, 0.1) is 0 Å². The summed E-state index contributed by atoms with van der Waals surface area (Å²) < 4.78 is 4.60. The Labute approximate surface area is 87.9 Å². The highest BCUT2D eigenvalue weighted by molar-refractivity contribution is 5.67. The van der Waals surface area contributed by atoms with Crippen LogP contribution in [0.3, 0.4) is 0 Å². The maximum atomic E-state index is 11.0. The number of carbonyl (C=O) groups is 1. The Hall–Kier alpha value is -1.59. The van der Waals surface area contributed by atoms with Gasteiger partial charge in [-0.25, -0.2) is 4.79 Å². The van der Waals surface area contributed by atoms with Gasteiger partial charge in [0.1, 0.15) is 12.8 Å². The molecule has 1 amide bonds. The molecule has 1 atom stereocenters. The van der Waals surface area contributed by atoms with Gasteiger partial charge in [-0.15, -0.1) is 0 Å². The summed E-state index contributed by atoms with van der Waals surface area (Å²) in [5.74, 6) is 0. The van der Waals surface area contributed by atoms with Gasteiger partial charge in [0.2, 0.25) is 0 Å². The van der Waals surface area contributed by atoms with E-state index in [2.05, 4.69) is 10.1 Å². The molecule has 0 aliphatic heterocycles. The molecule has 0 heterocycles. The number of amides is 1. The molecule has 0 radical (unpaired) electrons. The summed E-state index contributed by atoms with van der Waals surface area (Å²) in [6.07, 6.45) is -1.73. The Balaban J connectivity index is 2.23. The second-order valence-corrected chi connectivity index (χ2v) is 3.00. The van der Waals surface area contributed by atoms with Gasteiger partial charge in [-0.1, -0.05) is 30.3 Å². The van der Waals surface area contributed by atoms with Gasteiger partial charge in [0, 0.05) is 6.54 Å². The maximum absolute atomic E-state index is 11.0.